The number of aliphatic hydroxyl groups excluding tert-OH is 1. The van der Waals surface area contributed by atoms with Gasteiger partial charge in [0.2, 0.25) is 0 Å². The van der Waals surface area contributed by atoms with Crippen molar-refractivity contribution in [3.8, 4) is 0 Å². The molecule has 0 radical (unpaired) electrons. The van der Waals surface area contributed by atoms with Gasteiger partial charge in [0.1, 0.15) is 0 Å². The first-order valence-corrected chi connectivity index (χ1v) is 9.51. The minimum absolute atomic E-state index is 0.157. The molecule has 0 saturated heterocycles. The summed E-state index contributed by atoms with van der Waals surface area (Å²) >= 11 is 0. The van der Waals surface area contributed by atoms with E-state index in [1.54, 1.807) is 0 Å². The zero-order valence-corrected chi connectivity index (χ0v) is 14.4. The molecule has 0 spiro atoms. The second-order valence-corrected chi connectivity index (χ2v) is 7.81. The van der Waals surface area contributed by atoms with Crippen molar-refractivity contribution in [2.75, 3.05) is 25.4 Å². The fourth-order valence-corrected chi connectivity index (χ4v) is 3.92. The van der Waals surface area contributed by atoms with Crippen LogP contribution in [-0.2, 0) is 10.8 Å². The van der Waals surface area contributed by atoms with Crippen LogP contribution in [0.5, 0.6) is 0 Å². The van der Waals surface area contributed by atoms with Gasteiger partial charge < -0.3 is 15.7 Å². The summed E-state index contributed by atoms with van der Waals surface area (Å²) in [7, 11) is -0.699. The third-order valence-corrected chi connectivity index (χ3v) is 5.58. The highest BCUT2D eigenvalue weighted by Gasteiger charge is 2.26. The van der Waals surface area contributed by atoms with Crippen LogP contribution in [0.3, 0.4) is 0 Å². The first-order chi connectivity index (χ1) is 10.1. The Morgan fingerprint density at radius 2 is 2.19 bits per heavy atom. The lowest BCUT2D eigenvalue weighted by atomic mass is 9.95. The van der Waals surface area contributed by atoms with Crippen LogP contribution in [-0.4, -0.2) is 52.0 Å². The van der Waals surface area contributed by atoms with Crippen molar-refractivity contribution in [3.05, 3.63) is 0 Å². The zero-order valence-electron chi connectivity index (χ0n) is 13.6. The number of hydrogen-bond acceptors (Lipinski definition) is 3. The Hall–Kier alpha value is -0.620. The number of guanidine groups is 1. The van der Waals surface area contributed by atoms with E-state index in [0.29, 0.717) is 17.8 Å². The monoisotopic (exact) mass is 317 g/mol. The van der Waals surface area contributed by atoms with E-state index in [2.05, 4.69) is 15.6 Å². The van der Waals surface area contributed by atoms with Gasteiger partial charge in [0.25, 0.3) is 0 Å². The summed E-state index contributed by atoms with van der Waals surface area (Å²) in [6.45, 7) is 7.61. The highest BCUT2D eigenvalue weighted by Crippen LogP contribution is 2.22. The molecule has 1 saturated carbocycles. The Balaban J connectivity index is 2.55. The average molecular weight is 317 g/mol. The molecule has 4 atom stereocenters. The number of rotatable bonds is 7. The van der Waals surface area contributed by atoms with E-state index >= 15 is 0 Å². The molecule has 3 N–H and O–H groups in total. The highest BCUT2D eigenvalue weighted by atomic mass is 32.2. The van der Waals surface area contributed by atoms with E-state index < -0.39 is 10.8 Å². The van der Waals surface area contributed by atoms with Gasteiger partial charge in [-0.2, -0.15) is 0 Å². The molecule has 1 rings (SSSR count). The van der Waals surface area contributed by atoms with Crippen molar-refractivity contribution in [1.82, 2.24) is 10.6 Å². The predicted molar refractivity (Wildman–Crippen MR) is 90.1 cm³/mol. The SMILES string of the molecule is CCNC(=NCC(C)CO)NC1CCCC(S(=O)CC)C1. The molecule has 0 aromatic heterocycles. The Morgan fingerprint density at radius 1 is 1.43 bits per heavy atom. The molecule has 0 aromatic carbocycles. The first kappa shape index (κ1) is 18.4. The normalized spacial score (nSPS) is 26.2. The van der Waals surface area contributed by atoms with Gasteiger partial charge in [-0.15, -0.1) is 0 Å². The van der Waals surface area contributed by atoms with Gasteiger partial charge in [0.05, 0.1) is 0 Å². The molecule has 1 aliphatic rings. The first-order valence-electron chi connectivity index (χ1n) is 8.13. The summed E-state index contributed by atoms with van der Waals surface area (Å²) in [5, 5.41) is 16.1. The Labute approximate surface area is 131 Å². The standard InChI is InChI=1S/C15H31N3O2S/c1-4-16-15(17-10-12(3)11-19)18-13-7-6-8-14(9-13)21(20)5-2/h12-14,19H,4-11H2,1-3H3,(H2,16,17,18). The Bertz CT molecular complexity index is 350. The zero-order chi connectivity index (χ0) is 15.7. The van der Waals surface area contributed by atoms with Gasteiger partial charge in [-0.1, -0.05) is 20.3 Å². The van der Waals surface area contributed by atoms with Crippen LogP contribution in [0.4, 0.5) is 0 Å². The topological polar surface area (TPSA) is 73.7 Å². The highest BCUT2D eigenvalue weighted by molar-refractivity contribution is 7.85. The van der Waals surface area contributed by atoms with Crippen LogP contribution in [0.2, 0.25) is 0 Å². The van der Waals surface area contributed by atoms with Crippen LogP contribution >= 0.6 is 0 Å². The molecule has 0 bridgehead atoms. The molecule has 0 aliphatic heterocycles. The Kier molecular flexibility index (Phi) is 8.92. The fraction of sp³-hybridized carbons (Fsp3) is 0.933. The number of aliphatic hydroxyl groups is 1. The van der Waals surface area contributed by atoms with E-state index in [-0.39, 0.29) is 12.5 Å². The largest absolute Gasteiger partial charge is 0.396 e. The summed E-state index contributed by atoms with van der Waals surface area (Å²) in [6.07, 6.45) is 4.27. The summed E-state index contributed by atoms with van der Waals surface area (Å²) in [5.74, 6) is 1.73. The Morgan fingerprint density at radius 3 is 2.81 bits per heavy atom. The minimum atomic E-state index is -0.699. The van der Waals surface area contributed by atoms with Crippen molar-refractivity contribution < 1.29 is 9.32 Å². The number of nitrogens with zero attached hydrogens (tertiary/aromatic N) is 1. The summed E-state index contributed by atoms with van der Waals surface area (Å²) in [5.41, 5.74) is 0. The van der Waals surface area contributed by atoms with Crippen LogP contribution < -0.4 is 10.6 Å². The van der Waals surface area contributed by atoms with E-state index in [9.17, 15) is 4.21 Å². The second-order valence-electron chi connectivity index (χ2n) is 5.81. The molecular formula is C15H31N3O2S. The van der Waals surface area contributed by atoms with E-state index in [4.69, 9.17) is 5.11 Å². The van der Waals surface area contributed by atoms with Crippen LogP contribution in [0, 0.1) is 5.92 Å². The predicted octanol–water partition coefficient (Wildman–Crippen LogP) is 1.25. The summed E-state index contributed by atoms with van der Waals surface area (Å²) in [4.78, 5) is 4.53. The third-order valence-electron chi connectivity index (χ3n) is 3.84. The minimum Gasteiger partial charge on any atom is -0.396 e. The maximum atomic E-state index is 12.0. The van der Waals surface area contributed by atoms with Gasteiger partial charge in [-0.25, -0.2) is 0 Å². The number of hydrogen-bond donors (Lipinski definition) is 3. The lowest BCUT2D eigenvalue weighted by Crippen LogP contribution is -2.46. The third kappa shape index (κ3) is 6.78. The molecule has 0 amide bonds. The van der Waals surface area contributed by atoms with Gasteiger partial charge in [-0.3, -0.25) is 9.20 Å². The quantitative estimate of drug-likeness (QED) is 0.488. The van der Waals surface area contributed by atoms with Crippen molar-refractivity contribution in [3.63, 3.8) is 0 Å². The van der Waals surface area contributed by atoms with E-state index in [1.165, 1.54) is 0 Å². The van der Waals surface area contributed by atoms with Crippen molar-refractivity contribution in [2.24, 2.45) is 10.9 Å². The summed E-state index contributed by atoms with van der Waals surface area (Å²) < 4.78 is 12.0. The molecule has 4 unspecified atom stereocenters. The molecule has 1 fully saturated rings. The van der Waals surface area contributed by atoms with E-state index in [0.717, 1.165) is 43.9 Å². The van der Waals surface area contributed by atoms with E-state index in [1.807, 2.05) is 20.8 Å². The number of nitrogens with one attached hydrogen (secondary N) is 2. The van der Waals surface area contributed by atoms with Gasteiger partial charge in [-0.05, 0) is 32.1 Å². The lowest BCUT2D eigenvalue weighted by molar-refractivity contribution is 0.241. The lowest BCUT2D eigenvalue weighted by Gasteiger charge is -2.30. The van der Waals surface area contributed by atoms with Crippen LogP contribution in [0.25, 0.3) is 0 Å². The molecule has 0 aromatic rings. The maximum absolute atomic E-state index is 12.0. The van der Waals surface area contributed by atoms with Crippen molar-refractivity contribution in [1.29, 1.82) is 0 Å². The molecule has 6 heteroatoms. The molecule has 5 nitrogen and oxygen atoms in total. The fourth-order valence-electron chi connectivity index (χ4n) is 2.57. The smallest absolute Gasteiger partial charge is 0.191 e. The molecular weight excluding hydrogens is 286 g/mol. The van der Waals surface area contributed by atoms with Crippen LogP contribution in [0.1, 0.15) is 46.5 Å². The average Bonchev–Trinajstić information content (AvgIpc) is 2.51. The molecule has 1 aliphatic carbocycles. The van der Waals surface area contributed by atoms with Gasteiger partial charge in [0, 0.05) is 47.5 Å². The molecule has 0 heterocycles. The maximum Gasteiger partial charge on any atom is 0.191 e. The van der Waals surface area contributed by atoms with Crippen LogP contribution in [0.15, 0.2) is 4.99 Å². The van der Waals surface area contributed by atoms with Gasteiger partial charge >= 0.3 is 0 Å². The molecule has 21 heavy (non-hydrogen) atoms. The summed E-state index contributed by atoms with van der Waals surface area (Å²) in [6, 6.07) is 0.349. The second kappa shape index (κ2) is 10.2. The number of aliphatic imine (C=N–C) groups is 1. The van der Waals surface area contributed by atoms with Crippen molar-refractivity contribution >= 4 is 16.8 Å². The van der Waals surface area contributed by atoms with Crippen molar-refractivity contribution in [2.45, 2.75) is 57.7 Å². The molecule has 124 valence electrons. The van der Waals surface area contributed by atoms with Gasteiger partial charge in [0.15, 0.2) is 5.96 Å².